The van der Waals surface area contributed by atoms with Crippen molar-refractivity contribution >= 4 is 11.4 Å². The lowest BCUT2D eigenvalue weighted by molar-refractivity contribution is 0.401. The minimum atomic E-state index is 0.0995. The summed E-state index contributed by atoms with van der Waals surface area (Å²) in [6.45, 7) is 6.80. The van der Waals surface area contributed by atoms with Gasteiger partial charge in [0.05, 0.1) is 0 Å². The lowest BCUT2D eigenvalue weighted by Crippen LogP contribution is -2.26. The molecule has 0 aromatic heterocycles. The second-order valence-electron chi connectivity index (χ2n) is 13.5. The number of fused-ring (bicyclic) bond motifs is 3. The molecule has 0 atom stereocenters. The van der Waals surface area contributed by atoms with Crippen LogP contribution in [0.15, 0.2) is 115 Å². The highest BCUT2D eigenvalue weighted by molar-refractivity contribution is 5.84. The summed E-state index contributed by atoms with van der Waals surface area (Å²) in [5, 5.41) is 0. The van der Waals surface area contributed by atoms with Crippen molar-refractivity contribution in [3.8, 4) is 33.4 Å². The van der Waals surface area contributed by atoms with E-state index in [1.807, 2.05) is 0 Å². The first kappa shape index (κ1) is 31.9. The van der Waals surface area contributed by atoms with Crippen LogP contribution >= 0.6 is 0 Å². The second-order valence-corrected chi connectivity index (χ2v) is 13.5. The molecule has 0 aliphatic heterocycles. The SMILES string of the molecule is CCCCCCC1(CCCCCC)c2ccccc2-c2ccc(N(C)c3cccc(-c4cccc(-c5cccc(C)c5)c4)c3)cc21. The summed E-state index contributed by atoms with van der Waals surface area (Å²) in [6.07, 6.45) is 12.9. The predicted molar refractivity (Wildman–Crippen MR) is 200 cm³/mol. The van der Waals surface area contributed by atoms with Crippen LogP contribution in [0.1, 0.15) is 94.7 Å². The van der Waals surface area contributed by atoms with E-state index < -0.39 is 0 Å². The fourth-order valence-corrected chi connectivity index (χ4v) is 7.77. The van der Waals surface area contributed by atoms with E-state index in [0.717, 1.165) is 0 Å². The first-order valence-corrected chi connectivity index (χ1v) is 17.8. The zero-order chi connectivity index (χ0) is 31.9. The van der Waals surface area contributed by atoms with Crippen molar-refractivity contribution in [2.24, 2.45) is 0 Å². The molecule has 1 heteroatoms. The van der Waals surface area contributed by atoms with Gasteiger partial charge in [-0.1, -0.05) is 156 Å². The van der Waals surface area contributed by atoms with Gasteiger partial charge < -0.3 is 4.90 Å². The number of hydrogen-bond donors (Lipinski definition) is 0. The van der Waals surface area contributed by atoms with Crippen molar-refractivity contribution in [3.63, 3.8) is 0 Å². The first-order valence-electron chi connectivity index (χ1n) is 17.8. The van der Waals surface area contributed by atoms with Gasteiger partial charge in [-0.3, -0.25) is 0 Å². The summed E-state index contributed by atoms with van der Waals surface area (Å²) in [4.78, 5) is 2.39. The van der Waals surface area contributed by atoms with Crippen molar-refractivity contribution in [3.05, 3.63) is 132 Å². The van der Waals surface area contributed by atoms with Gasteiger partial charge in [-0.25, -0.2) is 0 Å². The molecule has 1 nitrogen and oxygen atoms in total. The van der Waals surface area contributed by atoms with E-state index >= 15 is 0 Å². The van der Waals surface area contributed by atoms with Crippen LogP contribution in [0, 0.1) is 6.92 Å². The molecule has 0 heterocycles. The quantitative estimate of drug-likeness (QED) is 0.114. The minimum Gasteiger partial charge on any atom is -0.345 e. The summed E-state index contributed by atoms with van der Waals surface area (Å²) in [6, 6.07) is 43.4. The molecular formula is C45H51N. The molecule has 5 aromatic carbocycles. The van der Waals surface area contributed by atoms with Crippen molar-refractivity contribution in [2.75, 3.05) is 11.9 Å². The number of benzene rings is 5. The number of unbranched alkanes of at least 4 members (excludes halogenated alkanes) is 6. The average molecular weight is 606 g/mol. The molecule has 236 valence electrons. The van der Waals surface area contributed by atoms with Crippen LogP contribution in [0.3, 0.4) is 0 Å². The Morgan fingerprint density at radius 1 is 0.478 bits per heavy atom. The topological polar surface area (TPSA) is 3.24 Å². The van der Waals surface area contributed by atoms with Crippen molar-refractivity contribution < 1.29 is 0 Å². The monoisotopic (exact) mass is 605 g/mol. The van der Waals surface area contributed by atoms with Gasteiger partial charge in [-0.2, -0.15) is 0 Å². The highest BCUT2D eigenvalue weighted by Gasteiger charge is 2.42. The van der Waals surface area contributed by atoms with Gasteiger partial charge in [-0.05, 0) is 94.6 Å². The van der Waals surface area contributed by atoms with Gasteiger partial charge in [-0.15, -0.1) is 0 Å². The highest BCUT2D eigenvalue weighted by atomic mass is 15.1. The Kier molecular flexibility index (Phi) is 10.1. The molecular weight excluding hydrogens is 555 g/mol. The van der Waals surface area contributed by atoms with Crippen LogP contribution in [0.2, 0.25) is 0 Å². The summed E-state index contributed by atoms with van der Waals surface area (Å²) >= 11 is 0. The van der Waals surface area contributed by atoms with Crippen molar-refractivity contribution in [2.45, 2.75) is 90.4 Å². The van der Waals surface area contributed by atoms with Crippen LogP contribution in [0.4, 0.5) is 11.4 Å². The molecule has 0 N–H and O–H groups in total. The third kappa shape index (κ3) is 6.57. The number of anilines is 2. The maximum Gasteiger partial charge on any atom is 0.0414 e. The molecule has 0 bridgehead atoms. The fourth-order valence-electron chi connectivity index (χ4n) is 7.77. The highest BCUT2D eigenvalue weighted by Crippen LogP contribution is 2.55. The van der Waals surface area contributed by atoms with E-state index in [4.69, 9.17) is 0 Å². The number of hydrogen-bond acceptors (Lipinski definition) is 1. The van der Waals surface area contributed by atoms with E-state index in [0.29, 0.717) is 0 Å². The van der Waals surface area contributed by atoms with Gasteiger partial charge in [0.25, 0.3) is 0 Å². The van der Waals surface area contributed by atoms with E-state index in [2.05, 4.69) is 148 Å². The maximum atomic E-state index is 2.54. The minimum absolute atomic E-state index is 0.0995. The molecule has 0 unspecified atom stereocenters. The lowest BCUT2D eigenvalue weighted by Gasteiger charge is -2.33. The van der Waals surface area contributed by atoms with Crippen LogP contribution in [-0.2, 0) is 5.41 Å². The molecule has 0 radical (unpaired) electrons. The van der Waals surface area contributed by atoms with E-state index in [9.17, 15) is 0 Å². The Balaban J connectivity index is 1.34. The van der Waals surface area contributed by atoms with Crippen LogP contribution in [-0.4, -0.2) is 7.05 Å². The molecule has 6 rings (SSSR count). The zero-order valence-electron chi connectivity index (χ0n) is 28.5. The number of nitrogens with zero attached hydrogens (tertiary/aromatic N) is 1. The van der Waals surface area contributed by atoms with Gasteiger partial charge in [0.15, 0.2) is 0 Å². The third-order valence-corrected chi connectivity index (χ3v) is 10.3. The second kappa shape index (κ2) is 14.5. The number of aryl methyl sites for hydroxylation is 1. The molecule has 0 fully saturated rings. The van der Waals surface area contributed by atoms with Gasteiger partial charge >= 0.3 is 0 Å². The van der Waals surface area contributed by atoms with Gasteiger partial charge in [0.1, 0.15) is 0 Å². The zero-order valence-corrected chi connectivity index (χ0v) is 28.5. The van der Waals surface area contributed by atoms with Crippen LogP contribution in [0.5, 0.6) is 0 Å². The van der Waals surface area contributed by atoms with Crippen molar-refractivity contribution in [1.82, 2.24) is 0 Å². The maximum absolute atomic E-state index is 2.54. The Morgan fingerprint density at radius 3 is 1.72 bits per heavy atom. The van der Waals surface area contributed by atoms with E-state index in [1.165, 1.54) is 115 Å². The Bertz CT molecular complexity index is 1750. The number of rotatable bonds is 14. The smallest absolute Gasteiger partial charge is 0.0414 e. The molecule has 0 spiro atoms. The van der Waals surface area contributed by atoms with Crippen molar-refractivity contribution in [1.29, 1.82) is 0 Å². The predicted octanol–water partition coefficient (Wildman–Crippen LogP) is 13.3. The molecule has 46 heavy (non-hydrogen) atoms. The van der Waals surface area contributed by atoms with Gasteiger partial charge in [0, 0.05) is 23.8 Å². The largest absolute Gasteiger partial charge is 0.345 e. The summed E-state index contributed by atoms with van der Waals surface area (Å²) < 4.78 is 0. The third-order valence-electron chi connectivity index (χ3n) is 10.3. The first-order chi connectivity index (χ1) is 22.5. The van der Waals surface area contributed by atoms with Crippen LogP contribution in [0.25, 0.3) is 33.4 Å². The Labute approximate surface area is 278 Å². The molecule has 0 amide bonds. The fraction of sp³-hybridized carbons (Fsp3) is 0.333. The Hall–Kier alpha value is -4.10. The summed E-state index contributed by atoms with van der Waals surface area (Å²) in [5.74, 6) is 0. The van der Waals surface area contributed by atoms with E-state index in [-0.39, 0.29) is 5.41 Å². The standard InChI is InChI=1S/C45H51N/c1-5-7-9-13-28-45(29-14-10-8-6-2)43-25-12-11-24-41(43)42-27-26-40(33-44(42)45)46(4)39-23-17-22-38(32-39)37-21-16-20-36(31-37)35-19-15-18-34(3)30-35/h11-12,15-27,30-33H,5-10,13-14,28-29H2,1-4H3. The normalized spacial score (nSPS) is 13.0. The van der Waals surface area contributed by atoms with Crippen LogP contribution < -0.4 is 4.90 Å². The molecule has 0 saturated heterocycles. The molecule has 1 aliphatic carbocycles. The lowest BCUT2D eigenvalue weighted by atomic mass is 9.70. The average Bonchev–Trinajstić information content (AvgIpc) is 3.37. The Morgan fingerprint density at radius 2 is 1.04 bits per heavy atom. The van der Waals surface area contributed by atoms with Gasteiger partial charge in [0.2, 0.25) is 0 Å². The molecule has 1 aliphatic rings. The molecule has 5 aromatic rings. The van der Waals surface area contributed by atoms with E-state index in [1.54, 1.807) is 11.1 Å². The summed E-state index contributed by atoms with van der Waals surface area (Å²) in [7, 11) is 2.23. The summed E-state index contributed by atoms with van der Waals surface area (Å²) in [5.41, 5.74) is 14.9. The molecule has 0 saturated carbocycles.